The van der Waals surface area contributed by atoms with Crippen molar-refractivity contribution in [2.24, 2.45) is 0 Å². The lowest BCUT2D eigenvalue weighted by atomic mass is 10.0. The smallest absolute Gasteiger partial charge is 0.319 e. The fraction of sp³-hybridized carbons (Fsp3) is 0.381. The highest BCUT2D eigenvalue weighted by molar-refractivity contribution is 5.98. The Hall–Kier alpha value is -3.13. The van der Waals surface area contributed by atoms with Crippen molar-refractivity contribution >= 4 is 23.3 Å². The average Bonchev–Trinajstić information content (AvgIpc) is 3.37. The third-order valence-corrected chi connectivity index (χ3v) is 5.24. The number of methoxy groups -OCH3 is 1. The number of benzene rings is 1. The number of aromatic nitrogens is 1. The first kappa shape index (κ1) is 19.2. The summed E-state index contributed by atoms with van der Waals surface area (Å²) in [5.41, 5.74) is 2.26. The van der Waals surface area contributed by atoms with E-state index in [2.05, 4.69) is 15.6 Å². The monoisotopic (exact) mass is 396 g/mol. The van der Waals surface area contributed by atoms with Gasteiger partial charge in [-0.25, -0.2) is 4.79 Å². The number of anilines is 2. The zero-order valence-corrected chi connectivity index (χ0v) is 16.3. The van der Waals surface area contributed by atoms with E-state index < -0.39 is 0 Å². The van der Waals surface area contributed by atoms with Crippen molar-refractivity contribution < 1.29 is 19.1 Å². The second-order valence-corrected chi connectivity index (χ2v) is 7.10. The Balaban J connectivity index is 1.45. The van der Waals surface area contributed by atoms with Crippen LogP contribution in [0.5, 0.6) is 5.75 Å². The van der Waals surface area contributed by atoms with Crippen LogP contribution < -0.4 is 20.3 Å². The number of carbonyl (C=O) groups is 2. The van der Waals surface area contributed by atoms with Gasteiger partial charge in [-0.3, -0.25) is 9.78 Å². The van der Waals surface area contributed by atoms with Crippen molar-refractivity contribution in [1.29, 1.82) is 0 Å². The van der Waals surface area contributed by atoms with Gasteiger partial charge >= 0.3 is 6.03 Å². The molecular weight excluding hydrogens is 372 g/mol. The summed E-state index contributed by atoms with van der Waals surface area (Å²) in [5.74, 6) is 0.668. The third kappa shape index (κ3) is 4.17. The highest BCUT2D eigenvalue weighted by Gasteiger charge is 2.31. The molecule has 0 radical (unpaired) electrons. The lowest BCUT2D eigenvalue weighted by molar-refractivity contribution is -0.117. The van der Waals surface area contributed by atoms with Crippen molar-refractivity contribution in [3.63, 3.8) is 0 Å². The van der Waals surface area contributed by atoms with E-state index in [0.717, 1.165) is 18.4 Å². The fourth-order valence-electron chi connectivity index (χ4n) is 3.84. The first-order chi connectivity index (χ1) is 14.2. The molecule has 4 rings (SSSR count). The normalized spacial score (nSPS) is 21.3. The number of pyridine rings is 1. The summed E-state index contributed by atoms with van der Waals surface area (Å²) < 4.78 is 11.2. The van der Waals surface area contributed by atoms with Gasteiger partial charge in [-0.05, 0) is 48.7 Å². The number of nitrogens with one attached hydrogen (secondary N) is 2. The molecule has 2 aromatic rings. The minimum atomic E-state index is -0.316. The van der Waals surface area contributed by atoms with Crippen LogP contribution in [0.1, 0.15) is 30.9 Å². The van der Waals surface area contributed by atoms with Gasteiger partial charge in [0, 0.05) is 37.7 Å². The topological polar surface area (TPSA) is 92.8 Å². The van der Waals surface area contributed by atoms with Crippen molar-refractivity contribution in [2.75, 3.05) is 30.5 Å². The molecule has 0 spiro atoms. The molecule has 152 valence electrons. The number of hydrogen-bond acceptors (Lipinski definition) is 5. The van der Waals surface area contributed by atoms with Gasteiger partial charge in [-0.2, -0.15) is 0 Å². The van der Waals surface area contributed by atoms with Gasteiger partial charge in [0.05, 0.1) is 18.8 Å². The first-order valence-electron chi connectivity index (χ1n) is 9.73. The van der Waals surface area contributed by atoms with Crippen LogP contribution >= 0.6 is 0 Å². The number of nitrogens with zero attached hydrogens (tertiary/aromatic N) is 2. The number of ether oxygens (including phenoxy) is 2. The Morgan fingerprint density at radius 3 is 2.83 bits per heavy atom. The second kappa shape index (κ2) is 8.48. The SMILES string of the molecule is COc1ccc(NC(=O)N[C@@H]2CCO[C@H]2c2ccncc2)cc1N1CCCC1=O. The van der Waals surface area contributed by atoms with Crippen LogP contribution in [-0.2, 0) is 9.53 Å². The van der Waals surface area contributed by atoms with Crippen LogP contribution in [0.25, 0.3) is 0 Å². The summed E-state index contributed by atoms with van der Waals surface area (Å²) in [7, 11) is 1.57. The maximum Gasteiger partial charge on any atom is 0.319 e. The predicted molar refractivity (Wildman–Crippen MR) is 108 cm³/mol. The lowest BCUT2D eigenvalue weighted by Crippen LogP contribution is -2.39. The average molecular weight is 396 g/mol. The molecular formula is C21H24N4O4. The fourth-order valence-corrected chi connectivity index (χ4v) is 3.84. The quantitative estimate of drug-likeness (QED) is 0.811. The van der Waals surface area contributed by atoms with Gasteiger partial charge in [0.1, 0.15) is 11.9 Å². The highest BCUT2D eigenvalue weighted by atomic mass is 16.5. The molecule has 8 nitrogen and oxygen atoms in total. The largest absolute Gasteiger partial charge is 0.495 e. The van der Waals surface area contributed by atoms with Gasteiger partial charge in [-0.1, -0.05) is 0 Å². The summed E-state index contributed by atoms with van der Waals surface area (Å²) in [6.07, 6.45) is 5.31. The molecule has 0 aliphatic carbocycles. The summed E-state index contributed by atoms with van der Waals surface area (Å²) >= 11 is 0. The van der Waals surface area contributed by atoms with Crippen LogP contribution in [0.15, 0.2) is 42.7 Å². The van der Waals surface area contributed by atoms with E-state index in [9.17, 15) is 9.59 Å². The zero-order valence-electron chi connectivity index (χ0n) is 16.3. The van der Waals surface area contributed by atoms with Crippen LogP contribution in [0.4, 0.5) is 16.2 Å². The summed E-state index contributed by atoms with van der Waals surface area (Å²) in [5, 5.41) is 5.85. The molecule has 1 aromatic carbocycles. The second-order valence-electron chi connectivity index (χ2n) is 7.10. The molecule has 29 heavy (non-hydrogen) atoms. The van der Waals surface area contributed by atoms with Crippen LogP contribution in [0.3, 0.4) is 0 Å². The number of amides is 3. The summed E-state index contributed by atoms with van der Waals surface area (Å²) in [6.45, 7) is 1.24. The van der Waals surface area contributed by atoms with Gasteiger partial charge in [-0.15, -0.1) is 0 Å². The molecule has 0 unspecified atom stereocenters. The Kier molecular flexibility index (Phi) is 5.62. The molecule has 0 bridgehead atoms. The predicted octanol–water partition coefficient (Wildman–Crippen LogP) is 2.87. The van der Waals surface area contributed by atoms with Crippen molar-refractivity contribution in [3.05, 3.63) is 48.3 Å². The standard InChI is InChI=1S/C21H24N4O4/c1-28-18-5-4-15(13-17(18)25-11-2-3-19(25)26)23-21(27)24-16-8-12-29-20(16)14-6-9-22-10-7-14/h4-7,9-10,13,16,20H,2-3,8,11-12H2,1H3,(H2,23,24,27)/t16-,20+/m1/s1. The Labute approximate surface area is 169 Å². The third-order valence-electron chi connectivity index (χ3n) is 5.24. The highest BCUT2D eigenvalue weighted by Crippen LogP contribution is 2.34. The van der Waals surface area contributed by atoms with E-state index in [4.69, 9.17) is 9.47 Å². The van der Waals surface area contributed by atoms with Gasteiger partial charge in [0.25, 0.3) is 0 Å². The van der Waals surface area contributed by atoms with E-state index in [1.807, 2.05) is 12.1 Å². The molecule has 2 fully saturated rings. The van der Waals surface area contributed by atoms with E-state index >= 15 is 0 Å². The van der Waals surface area contributed by atoms with E-state index in [1.165, 1.54) is 0 Å². The minimum absolute atomic E-state index is 0.0631. The summed E-state index contributed by atoms with van der Waals surface area (Å²) in [4.78, 5) is 30.5. The number of urea groups is 1. The molecule has 1 aromatic heterocycles. The van der Waals surface area contributed by atoms with Gasteiger partial charge < -0.3 is 25.0 Å². The Morgan fingerprint density at radius 2 is 2.10 bits per heavy atom. The molecule has 2 saturated heterocycles. The molecule has 3 amide bonds. The van der Waals surface area contributed by atoms with Gasteiger partial charge in [0.15, 0.2) is 0 Å². The van der Waals surface area contributed by atoms with Crippen LogP contribution in [-0.4, -0.2) is 43.2 Å². The molecule has 2 aliphatic heterocycles. The maximum absolute atomic E-state index is 12.6. The molecule has 2 aliphatic rings. The number of rotatable bonds is 5. The van der Waals surface area contributed by atoms with Crippen LogP contribution in [0.2, 0.25) is 0 Å². The van der Waals surface area contributed by atoms with E-state index in [0.29, 0.717) is 36.7 Å². The number of carbonyl (C=O) groups excluding carboxylic acids is 2. The maximum atomic E-state index is 12.6. The Bertz CT molecular complexity index is 890. The molecule has 0 saturated carbocycles. The van der Waals surface area contributed by atoms with E-state index in [1.54, 1.807) is 42.6 Å². The van der Waals surface area contributed by atoms with E-state index in [-0.39, 0.29) is 24.1 Å². The molecule has 8 heteroatoms. The minimum Gasteiger partial charge on any atom is -0.495 e. The van der Waals surface area contributed by atoms with Crippen LogP contribution in [0, 0.1) is 0 Å². The van der Waals surface area contributed by atoms with Crippen molar-refractivity contribution in [1.82, 2.24) is 10.3 Å². The number of hydrogen-bond donors (Lipinski definition) is 2. The lowest BCUT2D eigenvalue weighted by Gasteiger charge is -2.22. The molecule has 2 N–H and O–H groups in total. The van der Waals surface area contributed by atoms with Crippen molar-refractivity contribution in [3.8, 4) is 5.75 Å². The Morgan fingerprint density at radius 1 is 1.28 bits per heavy atom. The zero-order chi connectivity index (χ0) is 20.2. The molecule has 2 atom stereocenters. The van der Waals surface area contributed by atoms with Gasteiger partial charge in [0.2, 0.25) is 5.91 Å². The molecule has 3 heterocycles. The summed E-state index contributed by atoms with van der Waals surface area (Å²) in [6, 6.07) is 8.63. The first-order valence-corrected chi connectivity index (χ1v) is 9.73. The van der Waals surface area contributed by atoms with Crippen molar-refractivity contribution in [2.45, 2.75) is 31.4 Å².